The van der Waals surface area contributed by atoms with Crippen molar-refractivity contribution in [2.45, 2.75) is 19.3 Å². The predicted octanol–water partition coefficient (Wildman–Crippen LogP) is 1.30. The summed E-state index contributed by atoms with van der Waals surface area (Å²) in [5.74, 6) is 0. The normalized spacial score (nSPS) is 17.6. The van der Waals surface area contributed by atoms with Gasteiger partial charge in [-0.1, -0.05) is 18.2 Å². The first-order chi connectivity index (χ1) is 5.25. The van der Waals surface area contributed by atoms with Gasteiger partial charge in [-0.2, -0.15) is 5.48 Å². The van der Waals surface area contributed by atoms with Crippen LogP contribution in [0.1, 0.15) is 19.3 Å². The van der Waals surface area contributed by atoms with Crippen LogP contribution in [0.25, 0.3) is 0 Å². The highest BCUT2D eigenvalue weighted by molar-refractivity contribution is 6.31. The fourth-order valence-corrected chi connectivity index (χ4v) is 1.57. The average molecular weight is 175 g/mol. The van der Waals surface area contributed by atoms with Crippen LogP contribution in [0.3, 0.4) is 0 Å². The molecule has 0 aromatic rings. The number of halogens is 1. The van der Waals surface area contributed by atoms with E-state index in [0.29, 0.717) is 5.03 Å². The molecule has 0 aromatic carbocycles. The maximum atomic E-state index is 5.79. The van der Waals surface area contributed by atoms with Crippen LogP contribution < -0.4 is 5.48 Å². The first-order valence-electron chi connectivity index (χ1n) is 3.68. The first kappa shape index (κ1) is 8.78. The van der Waals surface area contributed by atoms with E-state index in [4.69, 9.17) is 16.4 Å². The Balaban J connectivity index is 2.69. The zero-order valence-corrected chi connectivity index (χ0v) is 7.45. The molecule has 0 radical (unpaired) electrons. The third kappa shape index (κ3) is 2.06. The molecule has 0 bridgehead atoms. The quantitative estimate of drug-likeness (QED) is 0.642. The summed E-state index contributed by atoms with van der Waals surface area (Å²) < 4.78 is 0. The lowest BCUT2D eigenvalue weighted by atomic mass is 10.2. The molecule has 0 saturated carbocycles. The van der Waals surface area contributed by atoms with Crippen LogP contribution in [0.2, 0.25) is 0 Å². The van der Waals surface area contributed by atoms with Gasteiger partial charge >= 0.3 is 0 Å². The monoisotopic (exact) mass is 174 g/mol. The predicted molar refractivity (Wildman–Crippen MR) is 44.8 cm³/mol. The summed E-state index contributed by atoms with van der Waals surface area (Å²) in [6.45, 7) is 3.70. The summed E-state index contributed by atoms with van der Waals surface area (Å²) in [5.41, 5.74) is 4.12. The van der Waals surface area contributed by atoms with Crippen molar-refractivity contribution in [1.82, 2.24) is 0 Å². The fourth-order valence-electron chi connectivity index (χ4n) is 1.35. The summed E-state index contributed by atoms with van der Waals surface area (Å²) in [5, 5.41) is 0.658. The highest BCUT2D eigenvalue weighted by Crippen LogP contribution is 2.28. The lowest BCUT2D eigenvalue weighted by Gasteiger charge is -1.99. The van der Waals surface area contributed by atoms with Crippen molar-refractivity contribution in [1.29, 1.82) is 0 Å². The Morgan fingerprint density at radius 1 is 1.64 bits per heavy atom. The minimum absolute atomic E-state index is 0.658. The molecule has 1 rings (SSSR count). The Kier molecular flexibility index (Phi) is 3.12. The minimum Gasteiger partial charge on any atom is -0.205 e. The Morgan fingerprint density at radius 2 is 2.36 bits per heavy atom. The van der Waals surface area contributed by atoms with Gasteiger partial charge in [0.1, 0.15) is 5.70 Å². The number of hydrogen-bond donors (Lipinski definition) is 1. The van der Waals surface area contributed by atoms with Crippen molar-refractivity contribution >= 4 is 11.6 Å². The summed E-state index contributed by atoms with van der Waals surface area (Å²) in [4.78, 5) is 4.92. The van der Waals surface area contributed by atoms with E-state index in [9.17, 15) is 0 Å². The highest BCUT2D eigenvalue weighted by Gasteiger charge is 2.19. The lowest BCUT2D eigenvalue weighted by molar-refractivity contribution is -0.856. The molecule has 0 aromatic heterocycles. The molecule has 0 heterocycles. The van der Waals surface area contributed by atoms with Gasteiger partial charge in [0, 0.05) is 17.0 Å². The zero-order valence-electron chi connectivity index (χ0n) is 6.69. The summed E-state index contributed by atoms with van der Waals surface area (Å²) >= 11 is 5.79. The van der Waals surface area contributed by atoms with E-state index < -0.39 is 0 Å². The standard InChI is InChI=1S/C8H12ClNO/c1-6(9)7-4-3-5-8(7)10-11-2/h10H,1,3-5H2,2H3/p+1. The maximum absolute atomic E-state index is 5.79. The minimum atomic E-state index is 0.658. The number of hydroxylamine groups is 1. The van der Waals surface area contributed by atoms with Gasteiger partial charge in [0.05, 0.1) is 7.11 Å². The summed E-state index contributed by atoms with van der Waals surface area (Å²) in [7, 11) is 1.65. The molecule has 62 valence electrons. The molecule has 0 spiro atoms. The molecule has 0 fully saturated rings. The van der Waals surface area contributed by atoms with Gasteiger partial charge in [-0.15, -0.1) is 0 Å². The number of quaternary nitrogens is 1. The second-order valence-corrected chi connectivity index (χ2v) is 3.07. The molecule has 2 N–H and O–H groups in total. The summed E-state index contributed by atoms with van der Waals surface area (Å²) in [6, 6.07) is 0. The summed E-state index contributed by atoms with van der Waals surface area (Å²) in [6.07, 6.45) is 3.27. The van der Waals surface area contributed by atoms with E-state index in [0.717, 1.165) is 24.8 Å². The molecule has 2 nitrogen and oxygen atoms in total. The fraction of sp³-hybridized carbons (Fsp3) is 0.500. The van der Waals surface area contributed by atoms with Gasteiger partial charge in [-0.3, -0.25) is 0 Å². The van der Waals surface area contributed by atoms with Crippen molar-refractivity contribution in [3.05, 3.63) is 22.9 Å². The number of allylic oxidation sites excluding steroid dienone is 3. The van der Waals surface area contributed by atoms with Crippen LogP contribution in [-0.4, -0.2) is 7.11 Å². The molecule has 0 unspecified atom stereocenters. The highest BCUT2D eigenvalue weighted by atomic mass is 35.5. The number of hydrogen-bond acceptors (Lipinski definition) is 1. The molecule has 1 aliphatic rings. The molecule has 11 heavy (non-hydrogen) atoms. The average Bonchev–Trinajstić information content (AvgIpc) is 2.36. The van der Waals surface area contributed by atoms with Crippen molar-refractivity contribution < 1.29 is 10.3 Å². The molecule has 1 aliphatic carbocycles. The van der Waals surface area contributed by atoms with Gasteiger partial charge in [0.25, 0.3) is 0 Å². The van der Waals surface area contributed by atoms with E-state index in [-0.39, 0.29) is 0 Å². The van der Waals surface area contributed by atoms with Crippen molar-refractivity contribution in [2.24, 2.45) is 0 Å². The Morgan fingerprint density at radius 3 is 2.91 bits per heavy atom. The van der Waals surface area contributed by atoms with Crippen LogP contribution in [0.5, 0.6) is 0 Å². The Bertz CT molecular complexity index is 198. The third-order valence-corrected chi connectivity index (χ3v) is 2.08. The topological polar surface area (TPSA) is 25.8 Å². The maximum Gasteiger partial charge on any atom is 0.142 e. The molecular weight excluding hydrogens is 162 g/mol. The van der Waals surface area contributed by atoms with Gasteiger partial charge in [0.15, 0.2) is 0 Å². The van der Waals surface area contributed by atoms with Crippen LogP contribution >= 0.6 is 11.6 Å². The Labute approximate surface area is 71.8 Å². The smallest absolute Gasteiger partial charge is 0.142 e. The Hall–Kier alpha value is -0.310. The first-order valence-corrected chi connectivity index (χ1v) is 4.06. The van der Waals surface area contributed by atoms with E-state index in [1.54, 1.807) is 12.6 Å². The van der Waals surface area contributed by atoms with Gasteiger partial charge in [-0.25, -0.2) is 4.84 Å². The molecule has 0 saturated heterocycles. The van der Waals surface area contributed by atoms with E-state index in [1.165, 1.54) is 5.70 Å². The molecule has 0 amide bonds. The molecule has 0 aliphatic heterocycles. The van der Waals surface area contributed by atoms with Crippen LogP contribution in [0.15, 0.2) is 22.9 Å². The molecular formula is C8H13ClNO+. The van der Waals surface area contributed by atoms with Crippen LogP contribution in [0, 0.1) is 0 Å². The molecule has 3 heteroatoms. The van der Waals surface area contributed by atoms with Crippen LogP contribution in [0.4, 0.5) is 0 Å². The second-order valence-electron chi connectivity index (χ2n) is 2.62. The largest absolute Gasteiger partial charge is 0.205 e. The SMILES string of the molecule is C=C(Cl)C1=C([NH2+]OC)CCC1. The number of rotatable bonds is 3. The van der Waals surface area contributed by atoms with Gasteiger partial charge < -0.3 is 0 Å². The molecule has 0 atom stereocenters. The van der Waals surface area contributed by atoms with Crippen molar-refractivity contribution in [3.63, 3.8) is 0 Å². The van der Waals surface area contributed by atoms with Crippen molar-refractivity contribution in [2.75, 3.05) is 7.11 Å². The van der Waals surface area contributed by atoms with Crippen LogP contribution in [-0.2, 0) is 4.84 Å². The third-order valence-electron chi connectivity index (χ3n) is 1.85. The van der Waals surface area contributed by atoms with E-state index in [1.807, 2.05) is 0 Å². The van der Waals surface area contributed by atoms with Gasteiger partial charge in [-0.05, 0) is 12.8 Å². The second kappa shape index (κ2) is 3.90. The van der Waals surface area contributed by atoms with E-state index >= 15 is 0 Å². The van der Waals surface area contributed by atoms with E-state index in [2.05, 4.69) is 6.58 Å². The number of nitrogens with two attached hydrogens (primary N) is 1. The van der Waals surface area contributed by atoms with Gasteiger partial charge in [0.2, 0.25) is 0 Å². The zero-order chi connectivity index (χ0) is 8.27. The lowest BCUT2D eigenvalue weighted by Crippen LogP contribution is -2.80. The van der Waals surface area contributed by atoms with Crippen molar-refractivity contribution in [3.8, 4) is 0 Å².